The quantitative estimate of drug-likeness (QED) is 0.925. The molecule has 0 aliphatic carbocycles. The van der Waals surface area contributed by atoms with E-state index >= 15 is 0 Å². The van der Waals surface area contributed by atoms with E-state index in [-0.39, 0.29) is 16.9 Å². The number of aliphatic hydroxyl groups is 1. The van der Waals surface area contributed by atoms with Gasteiger partial charge in [-0.2, -0.15) is 0 Å². The summed E-state index contributed by atoms with van der Waals surface area (Å²) < 4.78 is 13.2. The lowest BCUT2D eigenvalue weighted by atomic mass is 9.98. The third-order valence-electron chi connectivity index (χ3n) is 4.96. The normalized spacial score (nSPS) is 23.0. The molecule has 5 heteroatoms. The summed E-state index contributed by atoms with van der Waals surface area (Å²) in [5, 5.41) is 9.81. The molecular formula is C17H24ClFN2O. The summed E-state index contributed by atoms with van der Waals surface area (Å²) in [6, 6.07) is 5.65. The minimum atomic E-state index is -0.351. The fourth-order valence-electron chi connectivity index (χ4n) is 3.59. The van der Waals surface area contributed by atoms with Crippen LogP contribution in [0.4, 0.5) is 4.39 Å². The van der Waals surface area contributed by atoms with Gasteiger partial charge in [0.2, 0.25) is 0 Å². The molecule has 1 aromatic rings. The van der Waals surface area contributed by atoms with Gasteiger partial charge in [0.25, 0.3) is 0 Å². The molecule has 0 unspecified atom stereocenters. The minimum absolute atomic E-state index is 0.0976. The van der Waals surface area contributed by atoms with Crippen molar-refractivity contribution in [3.8, 4) is 0 Å². The molecule has 2 fully saturated rings. The van der Waals surface area contributed by atoms with E-state index in [0.29, 0.717) is 6.04 Å². The van der Waals surface area contributed by atoms with Gasteiger partial charge in [0.1, 0.15) is 5.82 Å². The maximum absolute atomic E-state index is 13.2. The zero-order valence-corrected chi connectivity index (χ0v) is 13.6. The van der Waals surface area contributed by atoms with Gasteiger partial charge in [0.05, 0.1) is 11.1 Å². The molecule has 0 spiro atoms. The van der Waals surface area contributed by atoms with Crippen LogP contribution in [0.5, 0.6) is 0 Å². The van der Waals surface area contributed by atoms with Crippen LogP contribution in [-0.2, 0) is 6.54 Å². The number of rotatable bonds is 3. The number of piperidine rings is 2. The van der Waals surface area contributed by atoms with Crippen LogP contribution in [0.3, 0.4) is 0 Å². The van der Waals surface area contributed by atoms with E-state index in [4.69, 9.17) is 11.6 Å². The van der Waals surface area contributed by atoms with Crippen molar-refractivity contribution in [3.05, 3.63) is 34.6 Å². The van der Waals surface area contributed by atoms with Crippen molar-refractivity contribution < 1.29 is 9.50 Å². The van der Waals surface area contributed by atoms with Gasteiger partial charge < -0.3 is 10.0 Å². The lowest BCUT2D eigenvalue weighted by molar-refractivity contribution is 0.0375. The summed E-state index contributed by atoms with van der Waals surface area (Å²) in [6.07, 6.45) is 4.07. The largest absolute Gasteiger partial charge is 0.393 e. The Balaban J connectivity index is 1.48. The van der Waals surface area contributed by atoms with Crippen LogP contribution in [0.1, 0.15) is 31.2 Å². The number of aliphatic hydroxyl groups excluding tert-OH is 1. The Morgan fingerprint density at radius 3 is 2.41 bits per heavy atom. The molecule has 3 nitrogen and oxygen atoms in total. The predicted octanol–water partition coefficient (Wildman–Crippen LogP) is 2.90. The highest BCUT2D eigenvalue weighted by Crippen LogP contribution is 2.23. The summed E-state index contributed by atoms with van der Waals surface area (Å²) in [7, 11) is 0. The maximum Gasteiger partial charge on any atom is 0.141 e. The third kappa shape index (κ3) is 3.99. The molecule has 1 N–H and O–H groups in total. The highest BCUT2D eigenvalue weighted by atomic mass is 35.5. The molecule has 22 heavy (non-hydrogen) atoms. The smallest absolute Gasteiger partial charge is 0.141 e. The summed E-state index contributed by atoms with van der Waals surface area (Å²) in [4.78, 5) is 4.96. The van der Waals surface area contributed by atoms with Crippen molar-refractivity contribution in [2.45, 2.75) is 44.4 Å². The van der Waals surface area contributed by atoms with E-state index in [1.54, 1.807) is 6.07 Å². The molecule has 3 rings (SSSR count). The zero-order chi connectivity index (χ0) is 15.5. The molecule has 2 saturated heterocycles. The van der Waals surface area contributed by atoms with Crippen LogP contribution in [-0.4, -0.2) is 53.2 Å². The third-order valence-corrected chi connectivity index (χ3v) is 5.25. The van der Waals surface area contributed by atoms with Gasteiger partial charge >= 0.3 is 0 Å². The van der Waals surface area contributed by atoms with Crippen molar-refractivity contribution in [3.63, 3.8) is 0 Å². The highest BCUT2D eigenvalue weighted by molar-refractivity contribution is 6.30. The van der Waals surface area contributed by atoms with Crippen LogP contribution in [0.15, 0.2) is 18.2 Å². The summed E-state index contributed by atoms with van der Waals surface area (Å²) in [5.74, 6) is -0.351. The molecule has 0 amide bonds. The van der Waals surface area contributed by atoms with Crippen LogP contribution in [0, 0.1) is 5.82 Å². The maximum atomic E-state index is 13.2. The SMILES string of the molecule is OC1CCN(C2CCN(Cc3ccc(F)c(Cl)c3)CC2)CC1. The second-order valence-electron chi connectivity index (χ2n) is 6.52. The number of nitrogens with zero attached hydrogens (tertiary/aromatic N) is 2. The van der Waals surface area contributed by atoms with Gasteiger partial charge in [-0.15, -0.1) is 0 Å². The lowest BCUT2D eigenvalue weighted by Gasteiger charge is -2.41. The first-order chi connectivity index (χ1) is 10.6. The first-order valence-corrected chi connectivity index (χ1v) is 8.58. The Bertz CT molecular complexity index is 497. The van der Waals surface area contributed by atoms with Crippen LogP contribution >= 0.6 is 11.6 Å². The number of likely N-dealkylation sites (tertiary alicyclic amines) is 2. The molecule has 1 aromatic carbocycles. The van der Waals surface area contributed by atoms with E-state index in [1.165, 1.54) is 18.9 Å². The van der Waals surface area contributed by atoms with E-state index in [2.05, 4.69) is 9.80 Å². The first-order valence-electron chi connectivity index (χ1n) is 8.20. The Morgan fingerprint density at radius 2 is 1.77 bits per heavy atom. The fraction of sp³-hybridized carbons (Fsp3) is 0.647. The molecule has 2 aliphatic rings. The molecular weight excluding hydrogens is 303 g/mol. The predicted molar refractivity (Wildman–Crippen MR) is 86.5 cm³/mol. The molecule has 122 valence electrons. The average molecular weight is 327 g/mol. The average Bonchev–Trinajstić information content (AvgIpc) is 2.53. The summed E-state index contributed by atoms with van der Waals surface area (Å²) >= 11 is 5.85. The van der Waals surface area contributed by atoms with Crippen LogP contribution in [0.2, 0.25) is 5.02 Å². The molecule has 0 atom stereocenters. The highest BCUT2D eigenvalue weighted by Gasteiger charge is 2.27. The monoisotopic (exact) mass is 326 g/mol. The summed E-state index contributed by atoms with van der Waals surface area (Å²) in [5.41, 5.74) is 1.07. The molecule has 2 heterocycles. The van der Waals surface area contributed by atoms with Crippen LogP contribution < -0.4 is 0 Å². The van der Waals surface area contributed by atoms with E-state index in [0.717, 1.165) is 51.1 Å². The minimum Gasteiger partial charge on any atom is -0.393 e. The number of halogens is 2. The van der Waals surface area contributed by atoms with Crippen molar-refractivity contribution in [1.82, 2.24) is 9.80 Å². The van der Waals surface area contributed by atoms with Crippen molar-refractivity contribution in [2.75, 3.05) is 26.2 Å². The van der Waals surface area contributed by atoms with Gasteiger partial charge in [-0.05, 0) is 56.5 Å². The van der Waals surface area contributed by atoms with E-state index in [9.17, 15) is 9.50 Å². The Morgan fingerprint density at radius 1 is 1.09 bits per heavy atom. The lowest BCUT2D eigenvalue weighted by Crippen LogP contribution is -2.48. The Kier molecular flexibility index (Phi) is 5.34. The second-order valence-corrected chi connectivity index (χ2v) is 6.93. The van der Waals surface area contributed by atoms with Gasteiger partial charge in [-0.25, -0.2) is 4.39 Å². The van der Waals surface area contributed by atoms with Gasteiger partial charge in [0.15, 0.2) is 0 Å². The Hall–Kier alpha value is -0.680. The molecule has 0 radical (unpaired) electrons. The van der Waals surface area contributed by atoms with Crippen molar-refractivity contribution in [1.29, 1.82) is 0 Å². The molecule has 2 aliphatic heterocycles. The van der Waals surface area contributed by atoms with E-state index < -0.39 is 0 Å². The molecule has 0 saturated carbocycles. The number of benzene rings is 1. The first kappa shape index (κ1) is 16.2. The van der Waals surface area contributed by atoms with Gasteiger partial charge in [0, 0.05) is 25.7 Å². The van der Waals surface area contributed by atoms with Gasteiger partial charge in [-0.3, -0.25) is 4.90 Å². The molecule has 0 bridgehead atoms. The fourth-order valence-corrected chi connectivity index (χ4v) is 3.79. The number of hydrogen-bond acceptors (Lipinski definition) is 3. The number of hydrogen-bond donors (Lipinski definition) is 1. The van der Waals surface area contributed by atoms with Crippen molar-refractivity contribution in [2.24, 2.45) is 0 Å². The summed E-state index contributed by atoms with van der Waals surface area (Å²) in [6.45, 7) is 5.03. The van der Waals surface area contributed by atoms with Gasteiger partial charge in [-0.1, -0.05) is 17.7 Å². The topological polar surface area (TPSA) is 26.7 Å². The van der Waals surface area contributed by atoms with Crippen molar-refractivity contribution >= 4 is 11.6 Å². The Labute approximate surface area is 136 Å². The zero-order valence-electron chi connectivity index (χ0n) is 12.8. The molecule has 0 aromatic heterocycles. The standard InChI is InChI=1S/C17H24ClFN2O/c18-16-11-13(1-2-17(16)19)12-20-7-3-14(4-8-20)21-9-5-15(22)6-10-21/h1-2,11,14-15,22H,3-10,12H2. The second kappa shape index (κ2) is 7.26. The van der Waals surface area contributed by atoms with Crippen LogP contribution in [0.25, 0.3) is 0 Å². The van der Waals surface area contributed by atoms with E-state index in [1.807, 2.05) is 6.07 Å².